The minimum absolute atomic E-state index is 0.0176. The predicted molar refractivity (Wildman–Crippen MR) is 116 cm³/mol. The van der Waals surface area contributed by atoms with Crippen molar-refractivity contribution in [3.8, 4) is 11.3 Å². The van der Waals surface area contributed by atoms with Gasteiger partial charge in [-0.25, -0.2) is 9.37 Å². The van der Waals surface area contributed by atoms with Crippen molar-refractivity contribution in [2.24, 2.45) is 5.73 Å². The fraction of sp³-hybridized carbons (Fsp3) is 0.292. The molecule has 160 valence electrons. The number of aliphatic hydroxyl groups is 1. The normalized spacial score (nSPS) is 20.9. The van der Waals surface area contributed by atoms with Gasteiger partial charge >= 0.3 is 0 Å². The molecule has 1 saturated carbocycles. The van der Waals surface area contributed by atoms with Crippen LogP contribution in [0.15, 0.2) is 60.9 Å². The van der Waals surface area contributed by atoms with Gasteiger partial charge in [0.25, 0.3) is 5.91 Å². The number of nitrogens with zero attached hydrogens (tertiary/aromatic N) is 2. The molecule has 7 heteroatoms. The summed E-state index contributed by atoms with van der Waals surface area (Å²) in [4.78, 5) is 21.3. The first kappa shape index (κ1) is 21.1. The number of halogens is 1. The summed E-state index contributed by atoms with van der Waals surface area (Å²) in [5.74, 6) is -0.973. The van der Waals surface area contributed by atoms with Crippen LogP contribution >= 0.6 is 0 Å². The van der Waals surface area contributed by atoms with Gasteiger partial charge in [0.15, 0.2) is 0 Å². The highest BCUT2D eigenvalue weighted by Gasteiger charge is 2.28. The van der Waals surface area contributed by atoms with Crippen molar-refractivity contribution >= 4 is 5.91 Å². The van der Waals surface area contributed by atoms with Crippen LogP contribution in [0.5, 0.6) is 0 Å². The first-order valence-electron chi connectivity index (χ1n) is 10.4. The first-order valence-corrected chi connectivity index (χ1v) is 10.4. The molecule has 1 heterocycles. The molecule has 0 saturated heterocycles. The smallest absolute Gasteiger partial charge is 0.254 e. The van der Waals surface area contributed by atoms with Crippen molar-refractivity contribution in [1.29, 1.82) is 0 Å². The van der Waals surface area contributed by atoms with E-state index < -0.39 is 17.8 Å². The van der Waals surface area contributed by atoms with Crippen LogP contribution in [0.4, 0.5) is 4.39 Å². The highest BCUT2D eigenvalue weighted by molar-refractivity contribution is 5.94. The van der Waals surface area contributed by atoms with Gasteiger partial charge in [0, 0.05) is 30.3 Å². The van der Waals surface area contributed by atoms with E-state index in [0.717, 1.165) is 17.7 Å². The van der Waals surface area contributed by atoms with Crippen LogP contribution in [0.2, 0.25) is 0 Å². The standard InChI is InChI=1S/C24H25FN4O2/c25-19-10-16(6-8-18(19)24(31)28-12-15-4-2-1-3-5-15)21-13-27-14-22(29-21)17-7-9-23(30)20(26)11-17/h1-6,8,10,13-14,17,20,23,30H,7,9,11-12,26H2,(H,28,31)/t17-,20-,23-/m0/s1. The van der Waals surface area contributed by atoms with Gasteiger partial charge in [0.05, 0.1) is 29.3 Å². The lowest BCUT2D eigenvalue weighted by Gasteiger charge is -2.30. The van der Waals surface area contributed by atoms with Gasteiger partial charge in [-0.2, -0.15) is 0 Å². The van der Waals surface area contributed by atoms with Crippen LogP contribution in [0, 0.1) is 5.82 Å². The Hall–Kier alpha value is -3.16. The minimum atomic E-state index is -0.613. The van der Waals surface area contributed by atoms with E-state index in [2.05, 4.69) is 15.3 Å². The summed E-state index contributed by atoms with van der Waals surface area (Å²) in [6.45, 7) is 0.326. The van der Waals surface area contributed by atoms with Gasteiger partial charge in [0.1, 0.15) is 5.82 Å². The molecular weight excluding hydrogens is 395 g/mol. The van der Waals surface area contributed by atoms with E-state index in [0.29, 0.717) is 30.6 Å². The van der Waals surface area contributed by atoms with Gasteiger partial charge in [-0.1, -0.05) is 36.4 Å². The Morgan fingerprint density at radius 2 is 1.97 bits per heavy atom. The Balaban J connectivity index is 1.48. The van der Waals surface area contributed by atoms with Crippen molar-refractivity contribution in [1.82, 2.24) is 15.3 Å². The zero-order valence-corrected chi connectivity index (χ0v) is 17.0. The summed E-state index contributed by atoms with van der Waals surface area (Å²) < 4.78 is 14.7. The third-order valence-electron chi connectivity index (χ3n) is 5.74. The average molecular weight is 420 g/mol. The SMILES string of the molecule is N[C@H]1C[C@@H](c2cncc(-c3ccc(C(=O)NCc4ccccc4)c(F)c3)n2)CC[C@@H]1O. The van der Waals surface area contributed by atoms with Gasteiger partial charge < -0.3 is 16.2 Å². The fourth-order valence-electron chi connectivity index (χ4n) is 3.91. The third-order valence-corrected chi connectivity index (χ3v) is 5.74. The Morgan fingerprint density at radius 3 is 2.71 bits per heavy atom. The highest BCUT2D eigenvalue weighted by Crippen LogP contribution is 2.32. The maximum Gasteiger partial charge on any atom is 0.254 e. The van der Waals surface area contributed by atoms with E-state index in [-0.39, 0.29) is 17.5 Å². The number of benzene rings is 2. The van der Waals surface area contributed by atoms with Gasteiger partial charge in [0.2, 0.25) is 0 Å². The number of rotatable bonds is 5. The summed E-state index contributed by atoms with van der Waals surface area (Å²) in [6.07, 6.45) is 4.82. The van der Waals surface area contributed by atoms with E-state index in [1.54, 1.807) is 18.5 Å². The number of carbonyl (C=O) groups is 1. The van der Waals surface area contributed by atoms with Crippen LogP contribution in [0.3, 0.4) is 0 Å². The molecule has 1 aliphatic rings. The summed E-state index contributed by atoms with van der Waals surface area (Å²) in [6, 6.07) is 13.6. The molecule has 0 radical (unpaired) electrons. The van der Waals surface area contributed by atoms with Gasteiger partial charge in [-0.3, -0.25) is 9.78 Å². The number of aromatic nitrogens is 2. The number of hydrogen-bond acceptors (Lipinski definition) is 5. The molecular formula is C24H25FN4O2. The number of aliphatic hydroxyl groups excluding tert-OH is 1. The number of nitrogens with one attached hydrogen (secondary N) is 1. The second-order valence-corrected chi connectivity index (χ2v) is 7.93. The predicted octanol–water partition coefficient (Wildman–Crippen LogP) is 3.17. The molecule has 4 N–H and O–H groups in total. The fourth-order valence-corrected chi connectivity index (χ4v) is 3.91. The molecule has 2 aromatic carbocycles. The molecule has 4 rings (SSSR count). The molecule has 31 heavy (non-hydrogen) atoms. The average Bonchev–Trinajstić information content (AvgIpc) is 2.80. The first-order chi connectivity index (χ1) is 15.0. The minimum Gasteiger partial charge on any atom is -0.392 e. The summed E-state index contributed by atoms with van der Waals surface area (Å²) in [5.41, 5.74) is 8.78. The molecule has 3 atom stereocenters. The van der Waals surface area contributed by atoms with Crippen LogP contribution in [0.25, 0.3) is 11.3 Å². The molecule has 1 aromatic heterocycles. The quantitative estimate of drug-likeness (QED) is 0.589. The zero-order valence-electron chi connectivity index (χ0n) is 17.0. The summed E-state index contributed by atoms with van der Waals surface area (Å²) >= 11 is 0. The van der Waals surface area contributed by atoms with E-state index in [4.69, 9.17) is 5.73 Å². The molecule has 0 spiro atoms. The van der Waals surface area contributed by atoms with Crippen molar-refractivity contribution in [3.05, 3.63) is 83.6 Å². The highest BCUT2D eigenvalue weighted by atomic mass is 19.1. The number of nitrogens with two attached hydrogens (primary N) is 1. The van der Waals surface area contributed by atoms with Crippen molar-refractivity contribution in [2.75, 3.05) is 0 Å². The topological polar surface area (TPSA) is 101 Å². The van der Waals surface area contributed by atoms with E-state index in [1.807, 2.05) is 30.3 Å². The molecule has 1 fully saturated rings. The van der Waals surface area contributed by atoms with Crippen LogP contribution in [-0.2, 0) is 6.54 Å². The summed E-state index contributed by atoms with van der Waals surface area (Å²) in [5, 5.41) is 12.6. The van der Waals surface area contributed by atoms with Gasteiger partial charge in [-0.15, -0.1) is 0 Å². The molecule has 1 amide bonds. The molecule has 3 aromatic rings. The lowest BCUT2D eigenvalue weighted by molar-refractivity contribution is 0.0946. The third kappa shape index (κ3) is 4.95. The molecule has 6 nitrogen and oxygen atoms in total. The van der Waals surface area contributed by atoms with E-state index >= 15 is 0 Å². The van der Waals surface area contributed by atoms with Crippen molar-refractivity contribution in [2.45, 2.75) is 43.9 Å². The number of amides is 1. The molecule has 0 aliphatic heterocycles. The molecule has 0 bridgehead atoms. The Labute approximate surface area is 180 Å². The molecule has 0 unspecified atom stereocenters. The van der Waals surface area contributed by atoms with E-state index in [9.17, 15) is 14.3 Å². The lowest BCUT2D eigenvalue weighted by Crippen LogP contribution is -2.39. The Morgan fingerprint density at radius 1 is 1.16 bits per heavy atom. The van der Waals surface area contributed by atoms with Crippen molar-refractivity contribution in [3.63, 3.8) is 0 Å². The second-order valence-electron chi connectivity index (χ2n) is 7.93. The second kappa shape index (κ2) is 9.32. The number of hydrogen-bond donors (Lipinski definition) is 3. The maximum absolute atomic E-state index is 14.7. The monoisotopic (exact) mass is 420 g/mol. The largest absolute Gasteiger partial charge is 0.392 e. The van der Waals surface area contributed by atoms with Crippen molar-refractivity contribution < 1.29 is 14.3 Å². The maximum atomic E-state index is 14.7. The zero-order chi connectivity index (χ0) is 21.8. The van der Waals surface area contributed by atoms with Crippen LogP contribution in [-0.4, -0.2) is 33.1 Å². The Kier molecular flexibility index (Phi) is 6.34. The van der Waals surface area contributed by atoms with Gasteiger partial charge in [-0.05, 0) is 37.0 Å². The van der Waals surface area contributed by atoms with Crippen LogP contribution < -0.4 is 11.1 Å². The summed E-state index contributed by atoms with van der Waals surface area (Å²) in [7, 11) is 0. The lowest BCUT2D eigenvalue weighted by atomic mass is 9.82. The van der Waals surface area contributed by atoms with Crippen LogP contribution in [0.1, 0.15) is 46.8 Å². The molecule has 1 aliphatic carbocycles. The number of carbonyl (C=O) groups excluding carboxylic acids is 1. The Bertz CT molecular complexity index is 1060. The van der Waals surface area contributed by atoms with E-state index in [1.165, 1.54) is 12.1 Å².